The highest BCUT2D eigenvalue weighted by Crippen LogP contribution is 2.29. The molecule has 14 heteroatoms. The predicted molar refractivity (Wildman–Crippen MR) is 239 cm³/mol. The number of nitrogens with zero attached hydrogens (tertiary/aromatic N) is 2. The number of ether oxygens (including phenoxy) is 7. The molecule has 324 valence electrons. The lowest BCUT2D eigenvalue weighted by Gasteiger charge is -2.13. The summed E-state index contributed by atoms with van der Waals surface area (Å²) < 4.78 is 40.3. The molecule has 0 spiro atoms. The number of carbonyl (C=O) groups is 3. The summed E-state index contributed by atoms with van der Waals surface area (Å²) in [5.41, 5.74) is 5.38. The van der Waals surface area contributed by atoms with Crippen LogP contribution in [0.15, 0.2) is 121 Å². The molecule has 1 aromatic heterocycles. The van der Waals surface area contributed by atoms with Crippen molar-refractivity contribution >= 4 is 50.3 Å². The van der Waals surface area contributed by atoms with Crippen LogP contribution in [0.4, 0.5) is 5.13 Å². The average Bonchev–Trinajstić information content (AvgIpc) is 3.93. The molecule has 62 heavy (non-hydrogen) atoms. The number of epoxide rings is 1. The number of esters is 3. The Labute approximate surface area is 365 Å². The van der Waals surface area contributed by atoms with E-state index in [9.17, 15) is 14.4 Å². The van der Waals surface area contributed by atoms with Crippen LogP contribution in [0.25, 0.3) is 10.2 Å². The molecule has 1 aliphatic rings. The third kappa shape index (κ3) is 14.1. The number of hydrogen-bond donors (Lipinski definition) is 1. The minimum atomic E-state index is -0.592. The van der Waals surface area contributed by atoms with E-state index in [2.05, 4.69) is 28.7 Å². The highest BCUT2D eigenvalue weighted by molar-refractivity contribution is 7.22. The van der Waals surface area contributed by atoms with E-state index in [1.54, 1.807) is 79.7 Å². The van der Waals surface area contributed by atoms with Crippen molar-refractivity contribution in [2.75, 3.05) is 31.9 Å². The molecule has 1 saturated heterocycles. The van der Waals surface area contributed by atoms with E-state index in [1.165, 1.54) is 11.3 Å². The molecule has 1 N–H and O–H groups in total. The van der Waals surface area contributed by atoms with Gasteiger partial charge < -0.3 is 33.2 Å². The highest BCUT2D eigenvalue weighted by atomic mass is 32.1. The van der Waals surface area contributed by atoms with Crippen LogP contribution in [0, 0.1) is 0 Å². The van der Waals surface area contributed by atoms with Crippen LogP contribution < -0.4 is 24.4 Å². The number of hydrogen-bond acceptors (Lipinski definition) is 14. The second-order valence-corrected chi connectivity index (χ2v) is 15.3. The van der Waals surface area contributed by atoms with Crippen molar-refractivity contribution in [2.24, 2.45) is 5.10 Å². The van der Waals surface area contributed by atoms with E-state index in [0.717, 1.165) is 67.7 Å². The standard InChI is InChI=1S/C48H51N3O10S/c1-4-41-47(61-41)58-31-15-9-7-13-29-55-36-22-18-34(19-23-36)45(53)59-38-26-27-42(39(32-38)33(3)50-51-48-49-40-16-10-11-17-43(40)62-48)60-46(54)35-20-24-37(25-21-35)56-28-12-6-8-14-30-57-44(52)5-2/h4-5,10-11,16-27,32,41,47H,1-2,6-9,12-15,28-31H2,3H3,(H,49,51)/b50-33+. The Balaban J connectivity index is 1.02. The van der Waals surface area contributed by atoms with E-state index in [4.69, 9.17) is 33.2 Å². The molecular formula is C48H51N3O10S. The number of para-hydroxylation sites is 1. The lowest BCUT2D eigenvalue weighted by atomic mass is 10.1. The number of carbonyl (C=O) groups excluding carboxylic acids is 3. The van der Waals surface area contributed by atoms with Gasteiger partial charge in [-0.2, -0.15) is 5.10 Å². The van der Waals surface area contributed by atoms with E-state index in [1.807, 2.05) is 24.3 Å². The van der Waals surface area contributed by atoms with Gasteiger partial charge >= 0.3 is 17.9 Å². The summed E-state index contributed by atoms with van der Waals surface area (Å²) in [4.78, 5) is 42.4. The SMILES string of the molecule is C=CC(=O)OCCCCCCOc1ccc(C(=O)Oc2ccc(OC(=O)c3ccc(OCCCCCCOC4OC4C=C)cc3)cc2/C(C)=N/Nc2nc3ccccc3s2)cc1. The third-order valence-corrected chi connectivity index (χ3v) is 10.5. The number of hydrazone groups is 1. The Morgan fingerprint density at radius 2 is 1.34 bits per heavy atom. The summed E-state index contributed by atoms with van der Waals surface area (Å²) in [6.45, 7) is 10.9. The van der Waals surface area contributed by atoms with Gasteiger partial charge in [-0.25, -0.2) is 19.4 Å². The number of anilines is 1. The molecule has 5 aromatic rings. The first-order chi connectivity index (χ1) is 30.3. The van der Waals surface area contributed by atoms with E-state index < -0.39 is 17.9 Å². The van der Waals surface area contributed by atoms with Gasteiger partial charge in [-0.05, 0) is 131 Å². The minimum Gasteiger partial charge on any atom is -0.494 e. The van der Waals surface area contributed by atoms with Gasteiger partial charge in [0, 0.05) is 18.2 Å². The number of nitrogens with one attached hydrogen (secondary N) is 1. The van der Waals surface area contributed by atoms with Gasteiger partial charge in [-0.3, -0.25) is 5.43 Å². The van der Waals surface area contributed by atoms with Crippen molar-refractivity contribution in [2.45, 2.75) is 70.7 Å². The van der Waals surface area contributed by atoms with Crippen LogP contribution >= 0.6 is 11.3 Å². The van der Waals surface area contributed by atoms with Crippen molar-refractivity contribution in [1.29, 1.82) is 0 Å². The van der Waals surface area contributed by atoms with Gasteiger partial charge in [0.05, 0.1) is 46.9 Å². The van der Waals surface area contributed by atoms with Gasteiger partial charge in [0.1, 0.15) is 29.1 Å². The summed E-state index contributed by atoms with van der Waals surface area (Å²) in [6.07, 6.45) is 10.1. The number of unbranched alkanes of at least 4 members (excludes halogenated alkanes) is 6. The number of fused-ring (bicyclic) bond motifs is 1. The summed E-state index contributed by atoms with van der Waals surface area (Å²) in [7, 11) is 0. The molecule has 1 fully saturated rings. The van der Waals surface area contributed by atoms with Gasteiger partial charge in [0.25, 0.3) is 0 Å². The van der Waals surface area contributed by atoms with Crippen LogP contribution in [0.3, 0.4) is 0 Å². The first-order valence-electron chi connectivity index (χ1n) is 20.7. The Morgan fingerprint density at radius 3 is 1.95 bits per heavy atom. The van der Waals surface area contributed by atoms with E-state index >= 15 is 0 Å². The zero-order chi connectivity index (χ0) is 43.5. The van der Waals surface area contributed by atoms with Crippen LogP contribution in [0.5, 0.6) is 23.0 Å². The van der Waals surface area contributed by atoms with Crippen molar-refractivity contribution < 1.29 is 47.5 Å². The number of thiazole rings is 1. The number of benzene rings is 4. The molecule has 2 atom stereocenters. The Kier molecular flexibility index (Phi) is 17.2. The largest absolute Gasteiger partial charge is 0.494 e. The normalized spacial score (nSPS) is 14.4. The maximum atomic E-state index is 13.4. The highest BCUT2D eigenvalue weighted by Gasteiger charge is 2.36. The van der Waals surface area contributed by atoms with Crippen molar-refractivity contribution in [1.82, 2.24) is 4.98 Å². The van der Waals surface area contributed by atoms with Gasteiger partial charge in [-0.1, -0.05) is 42.5 Å². The topological polar surface area (TPSA) is 156 Å². The molecule has 6 rings (SSSR count). The van der Waals surface area contributed by atoms with Crippen LogP contribution in [0.2, 0.25) is 0 Å². The molecule has 0 aliphatic carbocycles. The van der Waals surface area contributed by atoms with Crippen LogP contribution in [0.1, 0.15) is 84.6 Å². The summed E-state index contributed by atoms with van der Waals surface area (Å²) in [5.74, 6) is 0.146. The minimum absolute atomic E-state index is 0.0331. The molecular weight excluding hydrogens is 811 g/mol. The van der Waals surface area contributed by atoms with Crippen molar-refractivity contribution in [3.05, 3.63) is 133 Å². The molecule has 2 heterocycles. The molecule has 0 bridgehead atoms. The first kappa shape index (κ1) is 45.2. The average molecular weight is 862 g/mol. The maximum absolute atomic E-state index is 13.4. The molecule has 0 amide bonds. The molecule has 4 aromatic carbocycles. The maximum Gasteiger partial charge on any atom is 0.343 e. The van der Waals surface area contributed by atoms with Gasteiger partial charge in [0.2, 0.25) is 5.13 Å². The third-order valence-electron chi connectivity index (χ3n) is 9.57. The zero-order valence-electron chi connectivity index (χ0n) is 34.8. The smallest absolute Gasteiger partial charge is 0.343 e. The first-order valence-corrected chi connectivity index (χ1v) is 21.5. The van der Waals surface area contributed by atoms with Crippen molar-refractivity contribution in [3.8, 4) is 23.0 Å². The van der Waals surface area contributed by atoms with Crippen LogP contribution in [-0.4, -0.2) is 67.4 Å². The lowest BCUT2D eigenvalue weighted by Crippen LogP contribution is -2.13. The monoisotopic (exact) mass is 861 g/mol. The molecule has 1 aliphatic heterocycles. The molecule has 0 saturated carbocycles. The number of rotatable bonds is 26. The predicted octanol–water partition coefficient (Wildman–Crippen LogP) is 10.1. The molecule has 2 unspecified atom stereocenters. The fourth-order valence-corrected chi connectivity index (χ4v) is 6.90. The molecule has 13 nitrogen and oxygen atoms in total. The summed E-state index contributed by atoms with van der Waals surface area (Å²) >= 11 is 1.45. The quantitative estimate of drug-likeness (QED) is 0.00822. The summed E-state index contributed by atoms with van der Waals surface area (Å²) in [6, 6.07) is 26.0. The fraction of sp³-hybridized carbons (Fsp3) is 0.312. The fourth-order valence-electron chi connectivity index (χ4n) is 6.09. The zero-order valence-corrected chi connectivity index (χ0v) is 35.6. The van der Waals surface area contributed by atoms with Gasteiger partial charge in [0.15, 0.2) is 6.29 Å². The lowest BCUT2D eigenvalue weighted by molar-refractivity contribution is -0.137. The summed E-state index contributed by atoms with van der Waals surface area (Å²) in [5, 5.41) is 5.13. The van der Waals surface area contributed by atoms with E-state index in [-0.39, 0.29) is 23.9 Å². The Bertz CT molecular complexity index is 2280. The second kappa shape index (κ2) is 23.6. The number of aromatic nitrogens is 1. The second-order valence-electron chi connectivity index (χ2n) is 14.3. The Morgan fingerprint density at radius 1 is 0.742 bits per heavy atom. The van der Waals surface area contributed by atoms with Gasteiger partial charge in [-0.15, -0.1) is 6.58 Å². The van der Waals surface area contributed by atoms with E-state index in [0.29, 0.717) is 65.5 Å². The Hall–Kier alpha value is -6.35. The van der Waals surface area contributed by atoms with Crippen molar-refractivity contribution in [3.63, 3.8) is 0 Å². The molecule has 0 radical (unpaired) electrons. The van der Waals surface area contributed by atoms with Crippen LogP contribution in [-0.2, 0) is 19.0 Å².